The zero-order chi connectivity index (χ0) is 9.11. The maximum absolute atomic E-state index is 9.92. The lowest BCUT2D eigenvalue weighted by atomic mass is 10.3. The Morgan fingerprint density at radius 2 is 1.82 bits per heavy atom. The SMILES string of the molecule is C=C(C=O)/C=C\C=C/C.CC. The fourth-order valence-corrected chi connectivity index (χ4v) is 0.330. The molecule has 0 spiro atoms. The van der Waals surface area contributed by atoms with Gasteiger partial charge in [0.2, 0.25) is 0 Å². The molecule has 0 unspecified atom stereocenters. The summed E-state index contributed by atoms with van der Waals surface area (Å²) in [5.41, 5.74) is 0.494. The molecule has 1 heteroatoms. The lowest BCUT2D eigenvalue weighted by Gasteiger charge is -1.77. The predicted molar refractivity (Wildman–Crippen MR) is 50.5 cm³/mol. The van der Waals surface area contributed by atoms with E-state index in [2.05, 4.69) is 6.58 Å². The van der Waals surface area contributed by atoms with Gasteiger partial charge in [-0.3, -0.25) is 4.79 Å². The summed E-state index contributed by atoms with van der Waals surface area (Å²) in [7, 11) is 0. The van der Waals surface area contributed by atoms with Crippen LogP contribution in [-0.2, 0) is 4.79 Å². The Hall–Kier alpha value is -1.11. The van der Waals surface area contributed by atoms with Crippen LogP contribution in [0.25, 0.3) is 0 Å². The molecule has 0 aromatic rings. The summed E-state index contributed by atoms with van der Waals surface area (Å²) >= 11 is 0. The fourth-order valence-electron chi connectivity index (χ4n) is 0.330. The van der Waals surface area contributed by atoms with E-state index in [0.29, 0.717) is 5.57 Å². The van der Waals surface area contributed by atoms with Crippen LogP contribution in [-0.4, -0.2) is 6.29 Å². The molecule has 0 heterocycles. The van der Waals surface area contributed by atoms with Crippen molar-refractivity contribution < 1.29 is 4.79 Å². The first-order valence-corrected chi connectivity index (χ1v) is 3.74. The molecule has 0 atom stereocenters. The number of carbonyl (C=O) groups is 1. The second-order valence-corrected chi connectivity index (χ2v) is 1.58. The van der Waals surface area contributed by atoms with E-state index in [1.54, 1.807) is 12.2 Å². The number of aldehydes is 1. The van der Waals surface area contributed by atoms with Crippen LogP contribution in [0.15, 0.2) is 36.5 Å². The van der Waals surface area contributed by atoms with E-state index in [-0.39, 0.29) is 0 Å². The number of rotatable bonds is 3. The van der Waals surface area contributed by atoms with Crippen LogP contribution in [0, 0.1) is 0 Å². The third kappa shape index (κ3) is 12.2. The molecule has 1 nitrogen and oxygen atoms in total. The molecule has 11 heavy (non-hydrogen) atoms. The van der Waals surface area contributed by atoms with Gasteiger partial charge in [0.1, 0.15) is 6.29 Å². The van der Waals surface area contributed by atoms with Gasteiger partial charge in [-0.05, 0) is 6.92 Å². The van der Waals surface area contributed by atoms with Gasteiger partial charge >= 0.3 is 0 Å². The lowest BCUT2D eigenvalue weighted by Crippen LogP contribution is -1.71. The summed E-state index contributed by atoms with van der Waals surface area (Å²) in [6.45, 7) is 9.37. The molecule has 0 aromatic heterocycles. The normalized spacial score (nSPS) is 9.36. The monoisotopic (exact) mass is 152 g/mol. The molecular formula is C10H16O. The maximum Gasteiger partial charge on any atom is 0.149 e. The fraction of sp³-hybridized carbons (Fsp3) is 0.300. The van der Waals surface area contributed by atoms with Gasteiger partial charge in [-0.15, -0.1) is 0 Å². The third-order valence-corrected chi connectivity index (χ3v) is 0.765. The van der Waals surface area contributed by atoms with Gasteiger partial charge < -0.3 is 0 Å². The van der Waals surface area contributed by atoms with Crippen molar-refractivity contribution in [1.82, 2.24) is 0 Å². The Labute approximate surface area is 69.1 Å². The van der Waals surface area contributed by atoms with Crippen molar-refractivity contribution in [2.75, 3.05) is 0 Å². The minimum absolute atomic E-state index is 0.494. The molecule has 0 saturated carbocycles. The molecule has 0 aliphatic carbocycles. The summed E-state index contributed by atoms with van der Waals surface area (Å²) in [6, 6.07) is 0. The Morgan fingerprint density at radius 3 is 2.18 bits per heavy atom. The quantitative estimate of drug-likeness (QED) is 0.345. The average Bonchev–Trinajstić information content (AvgIpc) is 2.08. The van der Waals surface area contributed by atoms with Gasteiger partial charge in [-0.2, -0.15) is 0 Å². The number of hydrogen-bond donors (Lipinski definition) is 0. The molecule has 0 saturated heterocycles. The average molecular weight is 152 g/mol. The van der Waals surface area contributed by atoms with Gasteiger partial charge in [0.15, 0.2) is 0 Å². The lowest BCUT2D eigenvalue weighted by molar-refractivity contribution is -0.104. The van der Waals surface area contributed by atoms with Crippen molar-refractivity contribution in [3.8, 4) is 0 Å². The van der Waals surface area contributed by atoms with Gasteiger partial charge in [-0.1, -0.05) is 44.7 Å². The first kappa shape index (κ1) is 12.6. The van der Waals surface area contributed by atoms with Crippen molar-refractivity contribution in [3.63, 3.8) is 0 Å². The molecule has 0 amide bonds. The van der Waals surface area contributed by atoms with E-state index >= 15 is 0 Å². The van der Waals surface area contributed by atoms with Crippen molar-refractivity contribution in [1.29, 1.82) is 0 Å². The highest BCUT2D eigenvalue weighted by Gasteiger charge is 1.76. The minimum Gasteiger partial charge on any atom is -0.298 e. The molecule has 0 aromatic carbocycles. The first-order valence-electron chi connectivity index (χ1n) is 3.74. The van der Waals surface area contributed by atoms with Gasteiger partial charge in [0.05, 0.1) is 0 Å². The van der Waals surface area contributed by atoms with Crippen LogP contribution in [0.1, 0.15) is 20.8 Å². The number of carbonyl (C=O) groups excluding carboxylic acids is 1. The van der Waals surface area contributed by atoms with Crippen LogP contribution in [0.4, 0.5) is 0 Å². The second kappa shape index (κ2) is 11.7. The standard InChI is InChI=1S/C8H10O.C2H6/c1-3-4-5-6-8(2)7-9;1-2/h3-7H,2H2,1H3;1-2H3/b4-3-,6-5-;. The summed E-state index contributed by atoms with van der Waals surface area (Å²) in [4.78, 5) is 9.92. The molecule has 0 aliphatic heterocycles. The molecule has 0 N–H and O–H groups in total. The summed E-state index contributed by atoms with van der Waals surface area (Å²) < 4.78 is 0. The maximum atomic E-state index is 9.92. The molecule has 0 fully saturated rings. The largest absolute Gasteiger partial charge is 0.298 e. The Kier molecular flexibility index (Phi) is 13.3. The highest BCUT2D eigenvalue weighted by atomic mass is 16.1. The molecule has 0 radical (unpaired) electrons. The molecule has 0 aliphatic rings. The number of allylic oxidation sites excluding steroid dienone is 5. The molecule has 0 rings (SSSR count). The van der Waals surface area contributed by atoms with Gasteiger partial charge in [0.25, 0.3) is 0 Å². The Balaban J connectivity index is 0. The van der Waals surface area contributed by atoms with E-state index in [9.17, 15) is 4.79 Å². The van der Waals surface area contributed by atoms with Crippen LogP contribution in [0.2, 0.25) is 0 Å². The van der Waals surface area contributed by atoms with E-state index in [4.69, 9.17) is 0 Å². The van der Waals surface area contributed by atoms with E-state index < -0.39 is 0 Å². The second-order valence-electron chi connectivity index (χ2n) is 1.58. The molecule has 0 bridgehead atoms. The van der Waals surface area contributed by atoms with E-state index in [1.165, 1.54) is 0 Å². The molecule has 62 valence electrons. The summed E-state index contributed by atoms with van der Waals surface area (Å²) in [5, 5.41) is 0. The third-order valence-electron chi connectivity index (χ3n) is 0.765. The van der Waals surface area contributed by atoms with Crippen LogP contribution < -0.4 is 0 Å². The minimum atomic E-state index is 0.494. The van der Waals surface area contributed by atoms with Crippen LogP contribution in [0.5, 0.6) is 0 Å². The van der Waals surface area contributed by atoms with Crippen molar-refractivity contribution in [2.45, 2.75) is 20.8 Å². The highest BCUT2D eigenvalue weighted by Crippen LogP contribution is 1.86. The van der Waals surface area contributed by atoms with Crippen molar-refractivity contribution in [3.05, 3.63) is 36.5 Å². The van der Waals surface area contributed by atoms with E-state index in [0.717, 1.165) is 6.29 Å². The number of hydrogen-bond acceptors (Lipinski definition) is 1. The van der Waals surface area contributed by atoms with Gasteiger partial charge in [-0.25, -0.2) is 0 Å². The zero-order valence-corrected chi connectivity index (χ0v) is 7.50. The van der Waals surface area contributed by atoms with Crippen LogP contribution >= 0.6 is 0 Å². The Bertz CT molecular complexity index is 152. The topological polar surface area (TPSA) is 17.1 Å². The highest BCUT2D eigenvalue weighted by molar-refractivity contribution is 5.76. The van der Waals surface area contributed by atoms with Crippen molar-refractivity contribution >= 4 is 6.29 Å². The van der Waals surface area contributed by atoms with Crippen LogP contribution in [0.3, 0.4) is 0 Å². The predicted octanol–water partition coefficient (Wildman–Crippen LogP) is 2.90. The molecular weight excluding hydrogens is 136 g/mol. The Morgan fingerprint density at radius 1 is 1.27 bits per heavy atom. The first-order chi connectivity index (χ1) is 5.31. The van der Waals surface area contributed by atoms with Crippen molar-refractivity contribution in [2.24, 2.45) is 0 Å². The van der Waals surface area contributed by atoms with E-state index in [1.807, 2.05) is 32.9 Å². The van der Waals surface area contributed by atoms with Gasteiger partial charge in [0, 0.05) is 5.57 Å². The summed E-state index contributed by atoms with van der Waals surface area (Å²) in [5.74, 6) is 0. The summed E-state index contributed by atoms with van der Waals surface area (Å²) in [6.07, 6.45) is 7.88. The smallest absolute Gasteiger partial charge is 0.149 e. The zero-order valence-electron chi connectivity index (χ0n) is 7.50.